The molecule has 1 aromatic heterocycles. The fourth-order valence-corrected chi connectivity index (χ4v) is 4.38. The van der Waals surface area contributed by atoms with Gasteiger partial charge in [0, 0.05) is 12.7 Å². The smallest absolute Gasteiger partial charge is 0.245 e. The SMILES string of the molecule is N#Cc1ccc(S(=O)(=O)N2C[C@@H](O)C[C@@H]2c2ccc(F)cc2)cn1. The van der Waals surface area contributed by atoms with Crippen LogP contribution in [0.1, 0.15) is 23.7 Å². The first-order valence-corrected chi connectivity index (χ1v) is 8.67. The molecule has 0 unspecified atom stereocenters. The first-order valence-electron chi connectivity index (χ1n) is 7.23. The Morgan fingerprint density at radius 2 is 1.96 bits per heavy atom. The third-order valence-corrected chi connectivity index (χ3v) is 5.80. The highest BCUT2D eigenvalue weighted by molar-refractivity contribution is 7.89. The molecule has 0 aliphatic carbocycles. The third kappa shape index (κ3) is 3.01. The first kappa shape index (κ1) is 16.5. The van der Waals surface area contributed by atoms with Crippen molar-refractivity contribution in [3.63, 3.8) is 0 Å². The molecule has 0 radical (unpaired) electrons. The standard InChI is InChI=1S/C16H14FN3O3S/c17-12-3-1-11(2-4-12)16-7-14(21)10-20(16)24(22,23)15-6-5-13(8-18)19-9-15/h1-6,9,14,16,21H,7,10H2/t14-,16+/m0/s1. The zero-order valence-electron chi connectivity index (χ0n) is 12.5. The highest BCUT2D eigenvalue weighted by Gasteiger charge is 2.40. The number of sulfonamides is 1. The number of pyridine rings is 1. The average Bonchev–Trinajstić information content (AvgIpc) is 2.98. The second-order valence-electron chi connectivity index (χ2n) is 5.52. The minimum atomic E-state index is -3.90. The maximum Gasteiger partial charge on any atom is 0.245 e. The quantitative estimate of drug-likeness (QED) is 0.910. The predicted molar refractivity (Wildman–Crippen MR) is 82.6 cm³/mol. The van der Waals surface area contributed by atoms with Crippen LogP contribution in [0.15, 0.2) is 47.5 Å². The summed E-state index contributed by atoms with van der Waals surface area (Å²) in [6.45, 7) is -0.0512. The largest absolute Gasteiger partial charge is 0.392 e. The second kappa shape index (κ2) is 6.28. The molecule has 0 amide bonds. The Morgan fingerprint density at radius 3 is 2.54 bits per heavy atom. The summed E-state index contributed by atoms with van der Waals surface area (Å²) in [4.78, 5) is 3.73. The van der Waals surface area contributed by atoms with Crippen molar-refractivity contribution in [3.8, 4) is 6.07 Å². The van der Waals surface area contributed by atoms with E-state index in [9.17, 15) is 17.9 Å². The van der Waals surface area contributed by atoms with Crippen LogP contribution in [0, 0.1) is 17.1 Å². The molecule has 1 aliphatic heterocycles. The highest BCUT2D eigenvalue weighted by atomic mass is 32.2. The van der Waals surface area contributed by atoms with Crippen LogP contribution in [0.3, 0.4) is 0 Å². The summed E-state index contributed by atoms with van der Waals surface area (Å²) in [6.07, 6.45) is 0.552. The van der Waals surface area contributed by atoms with Crippen LogP contribution in [-0.4, -0.2) is 35.5 Å². The molecule has 1 aliphatic rings. The van der Waals surface area contributed by atoms with Gasteiger partial charge in [-0.25, -0.2) is 17.8 Å². The predicted octanol–water partition coefficient (Wildman–Crippen LogP) is 1.59. The van der Waals surface area contributed by atoms with Crippen LogP contribution in [0.4, 0.5) is 4.39 Å². The van der Waals surface area contributed by atoms with Gasteiger partial charge in [0.05, 0.1) is 12.1 Å². The van der Waals surface area contributed by atoms with Gasteiger partial charge in [0.2, 0.25) is 10.0 Å². The Hall–Kier alpha value is -2.34. The molecule has 0 saturated carbocycles. The van der Waals surface area contributed by atoms with Gasteiger partial charge in [0.1, 0.15) is 22.5 Å². The molecule has 1 fully saturated rings. The van der Waals surface area contributed by atoms with E-state index >= 15 is 0 Å². The maximum atomic E-state index is 13.1. The molecule has 6 nitrogen and oxygen atoms in total. The molecule has 0 bridgehead atoms. The zero-order valence-corrected chi connectivity index (χ0v) is 13.3. The average molecular weight is 347 g/mol. The number of nitrogens with zero attached hydrogens (tertiary/aromatic N) is 3. The molecular formula is C16H14FN3O3S. The summed E-state index contributed by atoms with van der Waals surface area (Å²) < 4.78 is 40.0. The molecule has 2 aromatic rings. The molecule has 1 N–H and O–H groups in total. The molecule has 3 rings (SSSR count). The number of aromatic nitrogens is 1. The molecule has 8 heteroatoms. The number of rotatable bonds is 3. The van der Waals surface area contributed by atoms with E-state index in [1.165, 1.54) is 40.7 Å². The van der Waals surface area contributed by atoms with Gasteiger partial charge in [0.15, 0.2) is 0 Å². The molecule has 2 heterocycles. The lowest BCUT2D eigenvalue weighted by Crippen LogP contribution is -2.32. The summed E-state index contributed by atoms with van der Waals surface area (Å²) in [5.41, 5.74) is 0.726. The fraction of sp³-hybridized carbons (Fsp3) is 0.250. The van der Waals surface area contributed by atoms with Crippen LogP contribution in [0.2, 0.25) is 0 Å². The van der Waals surface area contributed by atoms with Gasteiger partial charge in [-0.3, -0.25) is 0 Å². The lowest BCUT2D eigenvalue weighted by atomic mass is 10.0. The molecule has 1 aromatic carbocycles. The summed E-state index contributed by atoms with van der Waals surface area (Å²) >= 11 is 0. The van der Waals surface area contributed by atoms with Crippen molar-refractivity contribution in [2.45, 2.75) is 23.5 Å². The molecule has 124 valence electrons. The Bertz CT molecular complexity index is 876. The molecular weight excluding hydrogens is 333 g/mol. The van der Waals surface area contributed by atoms with Gasteiger partial charge < -0.3 is 5.11 Å². The van der Waals surface area contributed by atoms with Crippen molar-refractivity contribution in [2.75, 3.05) is 6.54 Å². The Balaban J connectivity index is 1.98. The van der Waals surface area contributed by atoms with Gasteiger partial charge in [-0.15, -0.1) is 0 Å². The zero-order chi connectivity index (χ0) is 17.3. The van der Waals surface area contributed by atoms with Crippen molar-refractivity contribution in [3.05, 3.63) is 59.7 Å². The number of β-amino-alcohol motifs (C(OH)–C–C–N with tert-alkyl or cyclic N) is 1. The second-order valence-corrected chi connectivity index (χ2v) is 7.41. The van der Waals surface area contributed by atoms with E-state index in [0.717, 1.165) is 6.20 Å². The normalized spacial score (nSPS) is 21.5. The Morgan fingerprint density at radius 1 is 1.25 bits per heavy atom. The highest BCUT2D eigenvalue weighted by Crippen LogP contribution is 2.36. The molecule has 2 atom stereocenters. The van der Waals surface area contributed by atoms with E-state index in [4.69, 9.17) is 5.26 Å². The van der Waals surface area contributed by atoms with Gasteiger partial charge >= 0.3 is 0 Å². The van der Waals surface area contributed by atoms with Crippen LogP contribution in [0.25, 0.3) is 0 Å². The summed E-state index contributed by atoms with van der Waals surface area (Å²) in [5, 5.41) is 18.7. The van der Waals surface area contributed by atoms with Gasteiger partial charge in [-0.1, -0.05) is 12.1 Å². The number of aliphatic hydroxyl groups excluding tert-OH is 1. The van der Waals surface area contributed by atoms with Crippen molar-refractivity contribution < 1.29 is 17.9 Å². The number of benzene rings is 1. The number of aliphatic hydroxyl groups is 1. The van der Waals surface area contributed by atoms with Crippen molar-refractivity contribution in [1.82, 2.24) is 9.29 Å². The number of hydrogen-bond donors (Lipinski definition) is 1. The van der Waals surface area contributed by atoms with E-state index < -0.39 is 28.0 Å². The van der Waals surface area contributed by atoms with Gasteiger partial charge in [-0.05, 0) is 36.2 Å². The van der Waals surface area contributed by atoms with Gasteiger partial charge in [-0.2, -0.15) is 9.57 Å². The van der Waals surface area contributed by atoms with Crippen molar-refractivity contribution in [2.24, 2.45) is 0 Å². The lowest BCUT2D eigenvalue weighted by molar-refractivity contribution is 0.188. The molecule has 1 saturated heterocycles. The fourth-order valence-electron chi connectivity index (χ4n) is 2.77. The van der Waals surface area contributed by atoms with E-state index in [0.29, 0.717) is 5.56 Å². The Labute approximate surface area is 138 Å². The van der Waals surface area contributed by atoms with E-state index in [1.54, 1.807) is 0 Å². The summed E-state index contributed by atoms with van der Waals surface area (Å²) in [5.74, 6) is -0.414. The van der Waals surface area contributed by atoms with E-state index in [-0.39, 0.29) is 23.6 Å². The first-order chi connectivity index (χ1) is 11.4. The summed E-state index contributed by atoms with van der Waals surface area (Å²) in [6, 6.07) is 9.42. The maximum absolute atomic E-state index is 13.1. The molecule has 0 spiro atoms. The lowest BCUT2D eigenvalue weighted by Gasteiger charge is -2.24. The van der Waals surface area contributed by atoms with Crippen LogP contribution in [0.5, 0.6) is 0 Å². The minimum absolute atomic E-state index is 0.0512. The Kier molecular flexibility index (Phi) is 4.32. The third-order valence-electron chi connectivity index (χ3n) is 3.95. The topological polar surface area (TPSA) is 94.3 Å². The minimum Gasteiger partial charge on any atom is -0.392 e. The van der Waals surface area contributed by atoms with Crippen molar-refractivity contribution >= 4 is 10.0 Å². The van der Waals surface area contributed by atoms with Crippen molar-refractivity contribution in [1.29, 1.82) is 5.26 Å². The molecule has 24 heavy (non-hydrogen) atoms. The summed E-state index contributed by atoms with van der Waals surface area (Å²) in [7, 11) is -3.90. The number of nitriles is 1. The number of hydrogen-bond acceptors (Lipinski definition) is 5. The van der Waals surface area contributed by atoms with E-state index in [1.807, 2.05) is 6.07 Å². The monoisotopic (exact) mass is 347 g/mol. The van der Waals surface area contributed by atoms with Crippen LogP contribution < -0.4 is 0 Å². The van der Waals surface area contributed by atoms with Gasteiger partial charge in [0.25, 0.3) is 0 Å². The number of halogens is 1. The van der Waals surface area contributed by atoms with E-state index in [2.05, 4.69) is 4.98 Å². The van der Waals surface area contributed by atoms with Crippen LogP contribution >= 0.6 is 0 Å². The van der Waals surface area contributed by atoms with Crippen LogP contribution in [-0.2, 0) is 10.0 Å².